The molecular weight excluding hydrogens is 431 g/mol. The number of amides is 1. The fraction of sp³-hybridized carbons (Fsp3) is 0.292. The van der Waals surface area contributed by atoms with Crippen molar-refractivity contribution in [2.24, 2.45) is 0 Å². The van der Waals surface area contributed by atoms with Gasteiger partial charge in [0.1, 0.15) is 0 Å². The second-order valence-corrected chi connectivity index (χ2v) is 7.57. The summed E-state index contributed by atoms with van der Waals surface area (Å²) in [7, 11) is 1.62. The molecule has 0 spiro atoms. The van der Waals surface area contributed by atoms with Gasteiger partial charge in [-0.15, -0.1) is 0 Å². The zero-order chi connectivity index (χ0) is 23.8. The first-order chi connectivity index (χ1) is 15.8. The van der Waals surface area contributed by atoms with E-state index in [1.165, 1.54) is 43.9 Å². The predicted molar refractivity (Wildman–Crippen MR) is 123 cm³/mol. The van der Waals surface area contributed by atoms with Crippen LogP contribution in [0.5, 0.6) is 0 Å². The largest absolute Gasteiger partial charge is 0.416 e. The Bertz CT molecular complexity index is 1070. The molecule has 1 aliphatic heterocycles. The van der Waals surface area contributed by atoms with Gasteiger partial charge in [-0.1, -0.05) is 12.1 Å². The van der Waals surface area contributed by atoms with Gasteiger partial charge in [-0.2, -0.15) is 13.2 Å². The fourth-order valence-electron chi connectivity index (χ4n) is 3.53. The van der Waals surface area contributed by atoms with E-state index in [4.69, 9.17) is 5.73 Å². The highest BCUT2D eigenvalue weighted by atomic mass is 19.4. The van der Waals surface area contributed by atoms with E-state index < -0.39 is 11.7 Å². The number of hydrogen-bond acceptors (Lipinski definition) is 5. The van der Waals surface area contributed by atoms with Crippen LogP contribution in [-0.2, 0) is 6.18 Å². The van der Waals surface area contributed by atoms with Gasteiger partial charge in [0.2, 0.25) is 0 Å². The second-order valence-electron chi connectivity index (χ2n) is 7.57. The van der Waals surface area contributed by atoms with Crippen molar-refractivity contribution < 1.29 is 18.0 Å². The molecule has 0 saturated carbocycles. The summed E-state index contributed by atoms with van der Waals surface area (Å²) in [5, 5.41) is 2.61. The Labute approximate surface area is 190 Å². The van der Waals surface area contributed by atoms with E-state index in [-0.39, 0.29) is 5.91 Å². The highest BCUT2D eigenvalue weighted by Crippen LogP contribution is 2.31. The maximum absolute atomic E-state index is 12.4. The van der Waals surface area contributed by atoms with Crippen LogP contribution in [0.1, 0.15) is 35.2 Å². The zero-order valence-electron chi connectivity index (χ0n) is 18.3. The molecule has 0 atom stereocenters. The lowest BCUT2D eigenvalue weighted by Crippen LogP contribution is -2.30. The lowest BCUT2D eigenvalue weighted by molar-refractivity contribution is -0.137. The summed E-state index contributed by atoms with van der Waals surface area (Å²) >= 11 is 0. The monoisotopic (exact) mass is 457 g/mol. The van der Waals surface area contributed by atoms with Crippen LogP contribution in [0.15, 0.2) is 61.1 Å². The van der Waals surface area contributed by atoms with Gasteiger partial charge in [0.15, 0.2) is 0 Å². The molecule has 6 nitrogen and oxygen atoms in total. The van der Waals surface area contributed by atoms with Crippen molar-refractivity contribution in [2.45, 2.75) is 25.4 Å². The molecule has 33 heavy (non-hydrogen) atoms. The van der Waals surface area contributed by atoms with E-state index in [0.717, 1.165) is 30.9 Å². The molecule has 0 unspecified atom stereocenters. The highest BCUT2D eigenvalue weighted by molar-refractivity contribution is 6.00. The quantitative estimate of drug-likeness (QED) is 0.553. The number of halogens is 3. The first-order valence-corrected chi connectivity index (χ1v) is 10.6. The number of carbonyl (C=O) groups excluding carboxylic acids is 1. The SMILES string of the molecule is CNC(=O)c1cc(N2CCCCC2)ccc1N.FC(F)(F)c1cccc(-c2cnccn2)c1. The van der Waals surface area contributed by atoms with Gasteiger partial charge < -0.3 is 16.0 Å². The van der Waals surface area contributed by atoms with E-state index in [9.17, 15) is 18.0 Å². The summed E-state index contributed by atoms with van der Waals surface area (Å²) in [5.74, 6) is -0.124. The molecule has 1 fully saturated rings. The van der Waals surface area contributed by atoms with Crippen molar-refractivity contribution in [3.05, 3.63) is 72.2 Å². The number of nitrogens with two attached hydrogens (primary N) is 1. The first-order valence-electron chi connectivity index (χ1n) is 10.6. The Hall–Kier alpha value is -3.62. The summed E-state index contributed by atoms with van der Waals surface area (Å²) in [6.45, 7) is 2.13. The van der Waals surface area contributed by atoms with Crippen molar-refractivity contribution in [1.29, 1.82) is 0 Å². The van der Waals surface area contributed by atoms with E-state index >= 15 is 0 Å². The number of anilines is 2. The molecule has 0 radical (unpaired) electrons. The average Bonchev–Trinajstić information content (AvgIpc) is 2.85. The van der Waals surface area contributed by atoms with Gasteiger partial charge in [-0.3, -0.25) is 14.8 Å². The van der Waals surface area contributed by atoms with Crippen LogP contribution in [0.25, 0.3) is 11.3 Å². The number of benzene rings is 2. The van der Waals surface area contributed by atoms with Crippen LogP contribution in [0, 0.1) is 0 Å². The van der Waals surface area contributed by atoms with E-state index in [1.54, 1.807) is 13.1 Å². The molecular formula is C24H26F3N5O. The standard InChI is InChI=1S/C13H19N3O.C11H7F3N2/c1-15-13(17)11-9-10(5-6-12(11)14)16-7-3-2-4-8-16;12-11(13,14)9-3-1-2-8(6-9)10-7-15-4-5-16-10/h5-6,9H,2-4,7-8,14H2,1H3,(H,15,17);1-7H. The Morgan fingerprint density at radius 1 is 1.06 bits per heavy atom. The summed E-state index contributed by atoms with van der Waals surface area (Å²) in [6, 6.07) is 10.7. The third-order valence-corrected chi connectivity index (χ3v) is 5.28. The van der Waals surface area contributed by atoms with Gasteiger partial charge in [0.05, 0.1) is 23.0 Å². The summed E-state index contributed by atoms with van der Waals surface area (Å²) in [4.78, 5) is 21.7. The average molecular weight is 458 g/mol. The minimum absolute atomic E-state index is 0.124. The van der Waals surface area contributed by atoms with Crippen LogP contribution < -0.4 is 16.0 Å². The number of aromatic nitrogens is 2. The van der Waals surface area contributed by atoms with Crippen LogP contribution in [-0.4, -0.2) is 36.0 Å². The molecule has 174 valence electrons. The Kier molecular flexibility index (Phi) is 7.87. The molecule has 1 aromatic heterocycles. The Morgan fingerprint density at radius 2 is 1.82 bits per heavy atom. The van der Waals surface area contributed by atoms with Gasteiger partial charge >= 0.3 is 6.18 Å². The fourth-order valence-corrected chi connectivity index (χ4v) is 3.53. The highest BCUT2D eigenvalue weighted by Gasteiger charge is 2.30. The van der Waals surface area contributed by atoms with Crippen LogP contribution in [0.4, 0.5) is 24.5 Å². The van der Waals surface area contributed by atoms with Crippen LogP contribution >= 0.6 is 0 Å². The number of nitrogens with zero attached hydrogens (tertiary/aromatic N) is 3. The number of piperidine rings is 1. The zero-order valence-corrected chi connectivity index (χ0v) is 18.3. The van der Waals surface area contributed by atoms with Crippen molar-refractivity contribution in [3.63, 3.8) is 0 Å². The maximum Gasteiger partial charge on any atom is 0.416 e. The lowest BCUT2D eigenvalue weighted by Gasteiger charge is -2.29. The van der Waals surface area contributed by atoms with Gasteiger partial charge in [0.25, 0.3) is 5.91 Å². The predicted octanol–water partition coefficient (Wildman–Crippen LogP) is 4.78. The van der Waals surface area contributed by atoms with E-state index in [0.29, 0.717) is 22.5 Å². The minimum Gasteiger partial charge on any atom is -0.398 e. The molecule has 0 bridgehead atoms. The smallest absolute Gasteiger partial charge is 0.398 e. The number of alkyl halides is 3. The molecule has 1 saturated heterocycles. The number of rotatable bonds is 3. The number of carbonyl (C=O) groups is 1. The summed E-state index contributed by atoms with van der Waals surface area (Å²) in [5.41, 5.74) is 8.15. The van der Waals surface area contributed by atoms with Crippen molar-refractivity contribution in [1.82, 2.24) is 15.3 Å². The molecule has 1 amide bonds. The topological polar surface area (TPSA) is 84.1 Å². The normalized spacial score (nSPS) is 13.6. The number of nitrogen functional groups attached to an aromatic ring is 1. The number of hydrogen-bond donors (Lipinski definition) is 2. The Morgan fingerprint density at radius 3 is 2.45 bits per heavy atom. The molecule has 1 aliphatic rings. The third-order valence-electron chi connectivity index (χ3n) is 5.28. The second kappa shape index (κ2) is 10.8. The first kappa shape index (κ1) is 24.0. The third kappa shape index (κ3) is 6.44. The van der Waals surface area contributed by atoms with E-state index in [2.05, 4.69) is 20.2 Å². The van der Waals surface area contributed by atoms with Crippen LogP contribution in [0.2, 0.25) is 0 Å². The van der Waals surface area contributed by atoms with Gasteiger partial charge in [-0.25, -0.2) is 0 Å². The molecule has 3 aromatic rings. The molecule has 2 heterocycles. The van der Waals surface area contributed by atoms with Gasteiger partial charge in [-0.05, 0) is 49.6 Å². The molecule has 2 aromatic carbocycles. The summed E-state index contributed by atoms with van der Waals surface area (Å²) in [6.07, 6.45) is 3.74. The van der Waals surface area contributed by atoms with Crippen molar-refractivity contribution >= 4 is 17.3 Å². The lowest BCUT2D eigenvalue weighted by atomic mass is 10.1. The molecule has 9 heteroatoms. The van der Waals surface area contributed by atoms with Crippen molar-refractivity contribution in [3.8, 4) is 11.3 Å². The molecule has 3 N–H and O–H groups in total. The van der Waals surface area contributed by atoms with E-state index in [1.807, 2.05) is 18.2 Å². The van der Waals surface area contributed by atoms with Crippen molar-refractivity contribution in [2.75, 3.05) is 30.8 Å². The molecule has 4 rings (SSSR count). The van der Waals surface area contributed by atoms with Crippen LogP contribution in [0.3, 0.4) is 0 Å². The Balaban J connectivity index is 0.000000186. The number of nitrogens with one attached hydrogen (secondary N) is 1. The minimum atomic E-state index is -4.34. The summed E-state index contributed by atoms with van der Waals surface area (Å²) < 4.78 is 37.3. The van der Waals surface area contributed by atoms with Gasteiger partial charge in [0, 0.05) is 49.5 Å². The molecule has 0 aliphatic carbocycles. The maximum atomic E-state index is 12.4.